The molecule has 0 spiro atoms. The van der Waals surface area contributed by atoms with Crippen molar-refractivity contribution in [2.24, 2.45) is 5.92 Å². The van der Waals surface area contributed by atoms with E-state index < -0.39 is 0 Å². The maximum atomic E-state index is 9.32. The van der Waals surface area contributed by atoms with Crippen molar-refractivity contribution >= 4 is 0 Å². The minimum absolute atomic E-state index is 0.0359. The number of aliphatic hydroxyl groups excluding tert-OH is 1. The molecule has 1 aliphatic heterocycles. The van der Waals surface area contributed by atoms with Gasteiger partial charge in [0.1, 0.15) is 0 Å². The van der Waals surface area contributed by atoms with Crippen LogP contribution in [-0.2, 0) is 4.74 Å². The molecule has 0 aromatic heterocycles. The smallest absolute Gasteiger partial charge is 0.0825 e. The number of rotatable bonds is 0. The van der Waals surface area contributed by atoms with Gasteiger partial charge in [-0.2, -0.15) is 0 Å². The molecule has 0 saturated carbocycles. The molecule has 0 bridgehead atoms. The summed E-state index contributed by atoms with van der Waals surface area (Å²) in [6.45, 7) is 4.78. The summed E-state index contributed by atoms with van der Waals surface area (Å²) in [5.74, 6) is 0.411. The average Bonchev–Trinajstić information content (AvgIpc) is 1.83. The van der Waals surface area contributed by atoms with E-state index in [0.717, 1.165) is 13.0 Å². The molecular formula is C7H14O2. The van der Waals surface area contributed by atoms with E-state index in [9.17, 15) is 5.11 Å². The number of aliphatic hydroxyl groups is 1. The Morgan fingerprint density at radius 2 is 2.11 bits per heavy atom. The van der Waals surface area contributed by atoms with Crippen LogP contribution < -0.4 is 0 Å². The molecule has 1 N–H and O–H groups in total. The van der Waals surface area contributed by atoms with Gasteiger partial charge in [-0.15, -0.1) is 0 Å². The van der Waals surface area contributed by atoms with Gasteiger partial charge in [0, 0.05) is 6.61 Å². The SMILES string of the molecule is CC1OCC[C@H](C)C1O. The quantitative estimate of drug-likeness (QED) is 0.525. The number of hydrogen-bond donors (Lipinski definition) is 1. The molecule has 1 fully saturated rings. The lowest BCUT2D eigenvalue weighted by Crippen LogP contribution is -2.37. The fourth-order valence-electron chi connectivity index (χ4n) is 1.17. The molecule has 0 aromatic rings. The zero-order valence-electron chi connectivity index (χ0n) is 6.00. The molecule has 1 rings (SSSR count). The highest BCUT2D eigenvalue weighted by Gasteiger charge is 2.25. The van der Waals surface area contributed by atoms with Crippen molar-refractivity contribution in [3.63, 3.8) is 0 Å². The third-order valence-corrected chi connectivity index (χ3v) is 2.02. The standard InChI is InChI=1S/C7H14O2/c1-5-3-4-9-6(2)7(5)8/h5-8H,3-4H2,1-2H3/t5-,6?,7?/m0/s1. The number of ether oxygens (including phenoxy) is 1. The van der Waals surface area contributed by atoms with Crippen LogP contribution in [0.4, 0.5) is 0 Å². The molecule has 54 valence electrons. The van der Waals surface area contributed by atoms with Crippen molar-refractivity contribution in [2.45, 2.75) is 32.5 Å². The molecule has 9 heavy (non-hydrogen) atoms. The number of hydrogen-bond acceptors (Lipinski definition) is 2. The highest BCUT2D eigenvalue weighted by molar-refractivity contribution is 4.74. The van der Waals surface area contributed by atoms with E-state index in [1.165, 1.54) is 0 Å². The fourth-order valence-corrected chi connectivity index (χ4v) is 1.17. The lowest BCUT2D eigenvalue weighted by molar-refractivity contribution is -0.0911. The molecule has 3 atom stereocenters. The lowest BCUT2D eigenvalue weighted by Gasteiger charge is -2.30. The van der Waals surface area contributed by atoms with Crippen molar-refractivity contribution in [2.75, 3.05) is 6.61 Å². The minimum atomic E-state index is -0.251. The zero-order valence-corrected chi connectivity index (χ0v) is 6.00. The minimum Gasteiger partial charge on any atom is -0.390 e. The van der Waals surface area contributed by atoms with Crippen LogP contribution >= 0.6 is 0 Å². The van der Waals surface area contributed by atoms with E-state index in [0.29, 0.717) is 5.92 Å². The summed E-state index contributed by atoms with van der Waals surface area (Å²) in [7, 11) is 0. The fraction of sp³-hybridized carbons (Fsp3) is 1.00. The van der Waals surface area contributed by atoms with Gasteiger partial charge >= 0.3 is 0 Å². The van der Waals surface area contributed by atoms with Gasteiger partial charge in [-0.25, -0.2) is 0 Å². The van der Waals surface area contributed by atoms with Crippen LogP contribution in [0.2, 0.25) is 0 Å². The Balaban J connectivity index is 2.41. The molecule has 0 aromatic carbocycles. The Labute approximate surface area is 55.8 Å². The van der Waals surface area contributed by atoms with Gasteiger partial charge < -0.3 is 9.84 Å². The zero-order chi connectivity index (χ0) is 6.85. The van der Waals surface area contributed by atoms with E-state index in [1.807, 2.05) is 6.92 Å². The predicted molar refractivity (Wildman–Crippen MR) is 35.2 cm³/mol. The van der Waals surface area contributed by atoms with Crippen LogP contribution in [0.1, 0.15) is 20.3 Å². The molecule has 2 nitrogen and oxygen atoms in total. The van der Waals surface area contributed by atoms with Crippen LogP contribution in [-0.4, -0.2) is 23.9 Å². The molecule has 0 radical (unpaired) electrons. The summed E-state index contributed by atoms with van der Waals surface area (Å²) in [4.78, 5) is 0. The Morgan fingerprint density at radius 3 is 2.56 bits per heavy atom. The van der Waals surface area contributed by atoms with Gasteiger partial charge in [-0.3, -0.25) is 0 Å². The first-order valence-electron chi connectivity index (χ1n) is 3.51. The van der Waals surface area contributed by atoms with E-state index in [-0.39, 0.29) is 12.2 Å². The molecule has 2 unspecified atom stereocenters. The summed E-state index contributed by atoms with van der Waals surface area (Å²) >= 11 is 0. The van der Waals surface area contributed by atoms with Crippen molar-refractivity contribution in [3.05, 3.63) is 0 Å². The van der Waals surface area contributed by atoms with Crippen molar-refractivity contribution in [3.8, 4) is 0 Å². The lowest BCUT2D eigenvalue weighted by atomic mass is 9.95. The first-order chi connectivity index (χ1) is 4.22. The summed E-state index contributed by atoms with van der Waals surface area (Å²) in [5, 5.41) is 9.32. The van der Waals surface area contributed by atoms with Crippen LogP contribution in [0.25, 0.3) is 0 Å². The van der Waals surface area contributed by atoms with Gasteiger partial charge in [0.25, 0.3) is 0 Å². The average molecular weight is 130 g/mol. The van der Waals surface area contributed by atoms with Gasteiger partial charge in [0.05, 0.1) is 12.2 Å². The van der Waals surface area contributed by atoms with Crippen LogP contribution in [0.15, 0.2) is 0 Å². The van der Waals surface area contributed by atoms with E-state index in [4.69, 9.17) is 4.74 Å². The van der Waals surface area contributed by atoms with E-state index in [2.05, 4.69) is 6.92 Å². The van der Waals surface area contributed by atoms with E-state index >= 15 is 0 Å². The van der Waals surface area contributed by atoms with Crippen LogP contribution in [0.3, 0.4) is 0 Å². The second-order valence-electron chi connectivity index (χ2n) is 2.83. The Hall–Kier alpha value is -0.0800. The predicted octanol–water partition coefficient (Wildman–Crippen LogP) is 0.792. The monoisotopic (exact) mass is 130 g/mol. The second kappa shape index (κ2) is 2.67. The highest BCUT2D eigenvalue weighted by atomic mass is 16.5. The Kier molecular flexibility index (Phi) is 2.09. The van der Waals surface area contributed by atoms with Crippen molar-refractivity contribution < 1.29 is 9.84 Å². The van der Waals surface area contributed by atoms with Gasteiger partial charge in [0.15, 0.2) is 0 Å². The van der Waals surface area contributed by atoms with Crippen molar-refractivity contribution in [1.29, 1.82) is 0 Å². The van der Waals surface area contributed by atoms with Gasteiger partial charge in [0.2, 0.25) is 0 Å². The summed E-state index contributed by atoms with van der Waals surface area (Å²) in [6, 6.07) is 0. The summed E-state index contributed by atoms with van der Waals surface area (Å²) in [5.41, 5.74) is 0. The normalized spacial score (nSPS) is 45.0. The van der Waals surface area contributed by atoms with E-state index in [1.54, 1.807) is 0 Å². The first-order valence-corrected chi connectivity index (χ1v) is 3.51. The molecule has 2 heteroatoms. The molecule has 0 amide bonds. The van der Waals surface area contributed by atoms with Gasteiger partial charge in [-0.1, -0.05) is 6.92 Å². The van der Waals surface area contributed by atoms with Gasteiger partial charge in [-0.05, 0) is 19.3 Å². The molecule has 1 saturated heterocycles. The van der Waals surface area contributed by atoms with Crippen LogP contribution in [0, 0.1) is 5.92 Å². The molecule has 1 aliphatic rings. The second-order valence-corrected chi connectivity index (χ2v) is 2.83. The Morgan fingerprint density at radius 1 is 1.44 bits per heavy atom. The first kappa shape index (κ1) is 7.03. The topological polar surface area (TPSA) is 29.5 Å². The van der Waals surface area contributed by atoms with Crippen molar-refractivity contribution in [1.82, 2.24) is 0 Å². The molecular weight excluding hydrogens is 116 g/mol. The highest BCUT2D eigenvalue weighted by Crippen LogP contribution is 2.19. The molecule has 1 heterocycles. The largest absolute Gasteiger partial charge is 0.390 e. The summed E-state index contributed by atoms with van der Waals surface area (Å²) < 4.78 is 5.21. The molecule has 0 aliphatic carbocycles. The third-order valence-electron chi connectivity index (χ3n) is 2.02. The maximum absolute atomic E-state index is 9.32. The summed E-state index contributed by atoms with van der Waals surface area (Å²) in [6.07, 6.45) is 0.776. The Bertz CT molecular complexity index is 82.9. The van der Waals surface area contributed by atoms with Crippen LogP contribution in [0.5, 0.6) is 0 Å². The maximum Gasteiger partial charge on any atom is 0.0825 e. The third kappa shape index (κ3) is 1.43.